The molecule has 12 heteroatoms. The maximum atomic E-state index is 14.9. The van der Waals surface area contributed by atoms with Crippen LogP contribution in [0.3, 0.4) is 0 Å². The minimum Gasteiger partial charge on any atom is -0.497 e. The minimum absolute atomic E-state index is 0.0573. The SMILES string of the molecule is COc1ccc2c(c1)[C@]1(O[C@@H](CC(=O)N(CCO)Cc3ccccc3)[C@H]([Si](C)(C)O)[C@H]1C)C(=O)N2Cc1ccc(-n2cccc(OC)c2=O)cc1. The molecule has 0 unspecified atom stereocenters. The molecule has 6 rings (SSSR count). The highest BCUT2D eigenvalue weighted by Crippen LogP contribution is 2.60. The Morgan fingerprint density at radius 1 is 0.961 bits per heavy atom. The summed E-state index contributed by atoms with van der Waals surface area (Å²) in [6, 6.07) is 25.8. The summed E-state index contributed by atoms with van der Waals surface area (Å²) >= 11 is 0. The molecule has 0 radical (unpaired) electrons. The molecule has 1 aromatic heterocycles. The highest BCUT2D eigenvalue weighted by atomic mass is 28.4. The van der Waals surface area contributed by atoms with Gasteiger partial charge in [0.05, 0.1) is 45.6 Å². The van der Waals surface area contributed by atoms with Crippen molar-refractivity contribution in [2.45, 2.75) is 56.8 Å². The van der Waals surface area contributed by atoms with Gasteiger partial charge in [-0.05, 0) is 66.7 Å². The molecule has 0 saturated carbocycles. The highest BCUT2D eigenvalue weighted by Gasteiger charge is 2.66. The van der Waals surface area contributed by atoms with Gasteiger partial charge in [0.2, 0.25) is 5.91 Å². The van der Waals surface area contributed by atoms with Crippen LogP contribution in [0.5, 0.6) is 11.5 Å². The zero-order valence-corrected chi connectivity index (χ0v) is 30.6. The van der Waals surface area contributed by atoms with Crippen LogP contribution >= 0.6 is 0 Å². The summed E-state index contributed by atoms with van der Waals surface area (Å²) in [5, 5.41) is 9.83. The summed E-state index contributed by atoms with van der Waals surface area (Å²) in [6.45, 7) is 6.05. The van der Waals surface area contributed by atoms with Crippen molar-refractivity contribution in [3.8, 4) is 17.2 Å². The van der Waals surface area contributed by atoms with Crippen molar-refractivity contribution in [3.63, 3.8) is 0 Å². The number of benzene rings is 3. The monoisotopic (exact) mass is 711 g/mol. The average molecular weight is 712 g/mol. The van der Waals surface area contributed by atoms with Crippen molar-refractivity contribution >= 4 is 25.8 Å². The maximum absolute atomic E-state index is 14.9. The van der Waals surface area contributed by atoms with Gasteiger partial charge in [0.25, 0.3) is 11.5 Å². The average Bonchev–Trinajstić information content (AvgIpc) is 3.54. The zero-order chi connectivity index (χ0) is 36.5. The number of aliphatic hydroxyl groups is 1. The molecule has 4 aromatic rings. The lowest BCUT2D eigenvalue weighted by Crippen LogP contribution is -2.46. The van der Waals surface area contributed by atoms with Crippen molar-refractivity contribution in [2.24, 2.45) is 5.92 Å². The maximum Gasteiger partial charge on any atom is 0.297 e. The first kappa shape index (κ1) is 36.1. The molecule has 268 valence electrons. The largest absolute Gasteiger partial charge is 0.497 e. The van der Waals surface area contributed by atoms with Gasteiger partial charge in [-0.2, -0.15) is 0 Å². The fourth-order valence-corrected chi connectivity index (χ4v) is 10.4. The first-order valence-electron chi connectivity index (χ1n) is 17.1. The number of rotatable bonds is 12. The minimum atomic E-state index is -3.04. The summed E-state index contributed by atoms with van der Waals surface area (Å²) in [6.07, 6.45) is 0.863. The number of anilines is 1. The van der Waals surface area contributed by atoms with E-state index in [9.17, 15) is 24.3 Å². The van der Waals surface area contributed by atoms with Gasteiger partial charge < -0.3 is 33.9 Å². The molecule has 0 bridgehead atoms. The number of carbonyl (C=O) groups excluding carboxylic acids is 2. The number of amides is 2. The molecule has 1 saturated heterocycles. The molecule has 11 nitrogen and oxygen atoms in total. The van der Waals surface area contributed by atoms with Crippen LogP contribution in [0.25, 0.3) is 5.69 Å². The molecule has 2 aliphatic heterocycles. The van der Waals surface area contributed by atoms with E-state index in [4.69, 9.17) is 14.2 Å². The molecule has 4 atom stereocenters. The molecule has 2 aliphatic rings. The molecule has 2 N–H and O–H groups in total. The fraction of sp³-hybridized carbons (Fsp3) is 0.359. The van der Waals surface area contributed by atoms with Crippen molar-refractivity contribution in [2.75, 3.05) is 32.3 Å². The Balaban J connectivity index is 1.33. The van der Waals surface area contributed by atoms with Crippen LogP contribution in [0, 0.1) is 5.92 Å². The van der Waals surface area contributed by atoms with Gasteiger partial charge in [-0.15, -0.1) is 0 Å². The zero-order valence-electron chi connectivity index (χ0n) is 29.6. The summed E-state index contributed by atoms with van der Waals surface area (Å²) in [5.74, 6) is -0.194. The second-order valence-electron chi connectivity index (χ2n) is 13.8. The van der Waals surface area contributed by atoms with Gasteiger partial charge in [0.1, 0.15) is 5.75 Å². The third kappa shape index (κ3) is 6.72. The van der Waals surface area contributed by atoms with E-state index in [0.717, 1.165) is 11.1 Å². The molecule has 3 aromatic carbocycles. The van der Waals surface area contributed by atoms with Crippen LogP contribution in [0.4, 0.5) is 5.69 Å². The third-order valence-electron chi connectivity index (χ3n) is 10.2. The number of methoxy groups -OCH3 is 2. The standard InChI is InChI=1S/C39H45N3O8Si/c1-26-36(51(4,5)47)34(23-35(44)40(20-21-43)24-27-10-7-6-8-11-27)50-39(26)31-22-30(48-2)17-18-32(31)42(38(39)46)25-28-13-15-29(16-14-28)41-19-9-12-33(49-3)37(41)45/h6-19,22,26,34,36,43,47H,20-21,23-25H2,1-5H3/t26-,34+,36-,39+/m1/s1. The predicted octanol–water partition coefficient (Wildman–Crippen LogP) is 4.61. The molecule has 2 amide bonds. The van der Waals surface area contributed by atoms with Crippen LogP contribution in [-0.4, -0.2) is 73.0 Å². The van der Waals surface area contributed by atoms with Gasteiger partial charge in [-0.3, -0.25) is 19.0 Å². The van der Waals surface area contributed by atoms with E-state index in [-0.39, 0.29) is 49.2 Å². The van der Waals surface area contributed by atoms with E-state index in [1.54, 1.807) is 41.3 Å². The number of carbonyl (C=O) groups is 2. The molecular formula is C39H45N3O8Si. The van der Waals surface area contributed by atoms with E-state index in [1.165, 1.54) is 11.7 Å². The van der Waals surface area contributed by atoms with Crippen molar-refractivity contribution in [1.82, 2.24) is 9.47 Å². The van der Waals surface area contributed by atoms with Crippen molar-refractivity contribution in [3.05, 3.63) is 118 Å². The summed E-state index contributed by atoms with van der Waals surface area (Å²) in [5.41, 5.74) is 1.49. The lowest BCUT2D eigenvalue weighted by Gasteiger charge is -2.32. The number of hydrogen-bond acceptors (Lipinski definition) is 8. The first-order valence-corrected chi connectivity index (χ1v) is 20.1. The Kier molecular flexibility index (Phi) is 10.2. The van der Waals surface area contributed by atoms with Gasteiger partial charge in [-0.1, -0.05) is 49.4 Å². The van der Waals surface area contributed by atoms with Crippen LogP contribution in [0.15, 0.2) is 95.9 Å². The topological polar surface area (TPSA) is 131 Å². The van der Waals surface area contributed by atoms with Gasteiger partial charge in [0, 0.05) is 42.0 Å². The van der Waals surface area contributed by atoms with Crippen LogP contribution in [0.2, 0.25) is 18.6 Å². The number of pyridine rings is 1. The third-order valence-corrected chi connectivity index (χ3v) is 12.7. The molecule has 1 spiro atoms. The molecule has 3 heterocycles. The summed E-state index contributed by atoms with van der Waals surface area (Å²) in [7, 11) is -0.0233. The Morgan fingerprint density at radius 3 is 2.33 bits per heavy atom. The Hall–Kier alpha value is -4.75. The van der Waals surface area contributed by atoms with Gasteiger partial charge >= 0.3 is 0 Å². The van der Waals surface area contributed by atoms with Crippen LogP contribution < -0.4 is 19.9 Å². The number of fused-ring (bicyclic) bond motifs is 2. The van der Waals surface area contributed by atoms with E-state index in [0.29, 0.717) is 29.2 Å². The molecule has 51 heavy (non-hydrogen) atoms. The van der Waals surface area contributed by atoms with Crippen LogP contribution in [-0.2, 0) is 33.0 Å². The molecule has 1 fully saturated rings. The van der Waals surface area contributed by atoms with E-state index >= 15 is 0 Å². The fourth-order valence-electron chi connectivity index (χ4n) is 7.84. The quantitative estimate of drug-likeness (QED) is 0.204. The van der Waals surface area contributed by atoms with E-state index in [1.807, 2.05) is 86.7 Å². The Morgan fingerprint density at radius 2 is 1.69 bits per heavy atom. The highest BCUT2D eigenvalue weighted by molar-refractivity contribution is 6.71. The summed E-state index contributed by atoms with van der Waals surface area (Å²) < 4.78 is 19.2. The first-order chi connectivity index (χ1) is 24.4. The Bertz CT molecular complexity index is 1940. The smallest absolute Gasteiger partial charge is 0.297 e. The van der Waals surface area contributed by atoms with E-state index in [2.05, 4.69) is 0 Å². The second kappa shape index (κ2) is 14.5. The van der Waals surface area contributed by atoms with Gasteiger partial charge in [0.15, 0.2) is 19.7 Å². The lowest BCUT2D eigenvalue weighted by molar-refractivity contribution is -0.150. The van der Waals surface area contributed by atoms with Crippen molar-refractivity contribution < 1.29 is 33.7 Å². The molecular weight excluding hydrogens is 667 g/mol. The number of ether oxygens (including phenoxy) is 3. The predicted molar refractivity (Wildman–Crippen MR) is 196 cm³/mol. The normalized spacial score (nSPS) is 21.2. The van der Waals surface area contributed by atoms with Crippen LogP contribution in [0.1, 0.15) is 30.0 Å². The van der Waals surface area contributed by atoms with E-state index < -0.39 is 31.5 Å². The van der Waals surface area contributed by atoms with Crippen molar-refractivity contribution in [1.29, 1.82) is 0 Å². The number of hydrogen-bond donors (Lipinski definition) is 2. The Labute approximate surface area is 298 Å². The second-order valence-corrected chi connectivity index (χ2v) is 17.8. The lowest BCUT2D eigenvalue weighted by atomic mass is 9.82. The summed E-state index contributed by atoms with van der Waals surface area (Å²) in [4.78, 5) is 56.6. The molecule has 0 aliphatic carbocycles. The number of aromatic nitrogens is 1. The number of aliphatic hydroxyl groups excluding tert-OH is 1. The van der Waals surface area contributed by atoms with Gasteiger partial charge in [-0.25, -0.2) is 0 Å². The number of nitrogens with zero attached hydrogens (tertiary/aromatic N) is 3.